The summed E-state index contributed by atoms with van der Waals surface area (Å²) in [6.07, 6.45) is 3.87. The van der Waals surface area contributed by atoms with E-state index in [1.807, 2.05) is 13.0 Å². The van der Waals surface area contributed by atoms with Crippen LogP contribution in [0, 0.1) is 6.92 Å². The van der Waals surface area contributed by atoms with E-state index >= 15 is 0 Å². The van der Waals surface area contributed by atoms with E-state index in [4.69, 9.17) is 9.52 Å². The molecule has 1 aliphatic heterocycles. The maximum absolute atomic E-state index is 12.2. The highest BCUT2D eigenvalue weighted by Crippen LogP contribution is 2.23. The van der Waals surface area contributed by atoms with Gasteiger partial charge in [-0.3, -0.25) is 9.78 Å². The van der Waals surface area contributed by atoms with Crippen LogP contribution in [-0.2, 0) is 0 Å². The van der Waals surface area contributed by atoms with Crippen LogP contribution in [0.3, 0.4) is 0 Å². The van der Waals surface area contributed by atoms with Crippen molar-refractivity contribution >= 4 is 5.91 Å². The fraction of sp³-hybridized carbons (Fsp3) is 0.357. The van der Waals surface area contributed by atoms with Gasteiger partial charge in [-0.1, -0.05) is 0 Å². The Kier molecular flexibility index (Phi) is 3.23. The molecule has 0 aromatic carbocycles. The number of likely N-dealkylation sites (tertiary alicyclic amines) is 1. The number of rotatable bonds is 3. The first kappa shape index (κ1) is 12.8. The molecule has 0 saturated carbocycles. The Bertz CT molecular complexity index is 636. The molecule has 0 radical (unpaired) electrons. The zero-order chi connectivity index (χ0) is 14.1. The van der Waals surface area contributed by atoms with E-state index in [0.717, 1.165) is 17.7 Å². The van der Waals surface area contributed by atoms with E-state index in [1.54, 1.807) is 17.2 Å². The Hall–Kier alpha value is -2.21. The number of carbonyl (C=O) groups is 1. The predicted molar refractivity (Wildman–Crippen MR) is 71.0 cm³/mol. The Morgan fingerprint density at radius 2 is 2.45 bits per heavy atom. The minimum absolute atomic E-state index is 0.0139. The first-order valence-electron chi connectivity index (χ1n) is 6.49. The highest BCUT2D eigenvalue weighted by Gasteiger charge is 2.33. The lowest BCUT2D eigenvalue weighted by molar-refractivity contribution is 0.0290. The summed E-state index contributed by atoms with van der Waals surface area (Å²) in [6.45, 7) is 2.52. The maximum Gasteiger partial charge on any atom is 0.276 e. The number of oxazole rings is 1. The largest absolute Gasteiger partial charge is 0.444 e. The number of aliphatic hydroxyl groups excluding tert-OH is 1. The Morgan fingerprint density at radius 1 is 1.60 bits per heavy atom. The molecule has 6 heteroatoms. The van der Waals surface area contributed by atoms with Crippen molar-refractivity contribution in [1.82, 2.24) is 14.9 Å². The van der Waals surface area contributed by atoms with Crippen LogP contribution < -0.4 is 0 Å². The quantitative estimate of drug-likeness (QED) is 0.910. The molecule has 0 bridgehead atoms. The van der Waals surface area contributed by atoms with Gasteiger partial charge in [0.1, 0.15) is 6.26 Å². The SMILES string of the molecule is Cc1cc(-c2nc(C(=O)N3CCC3CO)co2)ccn1. The van der Waals surface area contributed by atoms with Crippen LogP contribution in [0.1, 0.15) is 22.6 Å². The maximum atomic E-state index is 12.2. The van der Waals surface area contributed by atoms with Crippen molar-refractivity contribution in [3.8, 4) is 11.5 Å². The van der Waals surface area contributed by atoms with Crippen LogP contribution in [0.15, 0.2) is 29.0 Å². The number of amides is 1. The summed E-state index contributed by atoms with van der Waals surface area (Å²) < 4.78 is 5.37. The molecular formula is C14H15N3O3. The highest BCUT2D eigenvalue weighted by atomic mass is 16.3. The van der Waals surface area contributed by atoms with Gasteiger partial charge in [0.25, 0.3) is 5.91 Å². The molecule has 6 nitrogen and oxygen atoms in total. The Labute approximate surface area is 116 Å². The molecule has 1 aliphatic rings. The molecule has 1 unspecified atom stereocenters. The van der Waals surface area contributed by atoms with Gasteiger partial charge in [0.05, 0.1) is 12.6 Å². The summed E-state index contributed by atoms with van der Waals surface area (Å²) in [6, 6.07) is 3.54. The van der Waals surface area contributed by atoms with Crippen LogP contribution in [-0.4, -0.2) is 45.1 Å². The van der Waals surface area contributed by atoms with Crippen LogP contribution >= 0.6 is 0 Å². The van der Waals surface area contributed by atoms with Crippen molar-refractivity contribution in [3.05, 3.63) is 36.0 Å². The van der Waals surface area contributed by atoms with Gasteiger partial charge in [-0.2, -0.15) is 0 Å². The van der Waals surface area contributed by atoms with Crippen molar-refractivity contribution < 1.29 is 14.3 Å². The van der Waals surface area contributed by atoms with E-state index in [-0.39, 0.29) is 24.2 Å². The van der Waals surface area contributed by atoms with Gasteiger partial charge in [0.15, 0.2) is 5.69 Å². The van der Waals surface area contributed by atoms with Gasteiger partial charge in [0, 0.05) is 24.0 Å². The molecule has 2 aromatic heterocycles. The van der Waals surface area contributed by atoms with Crippen LogP contribution in [0.25, 0.3) is 11.5 Å². The topological polar surface area (TPSA) is 79.5 Å². The molecule has 0 aliphatic carbocycles. The lowest BCUT2D eigenvalue weighted by atomic mass is 10.0. The van der Waals surface area contributed by atoms with E-state index in [1.165, 1.54) is 6.26 Å². The number of pyridine rings is 1. The van der Waals surface area contributed by atoms with Gasteiger partial charge >= 0.3 is 0 Å². The van der Waals surface area contributed by atoms with Gasteiger partial charge in [-0.25, -0.2) is 4.98 Å². The normalized spacial score (nSPS) is 17.9. The molecule has 20 heavy (non-hydrogen) atoms. The minimum Gasteiger partial charge on any atom is -0.444 e. The van der Waals surface area contributed by atoms with Crippen LogP contribution in [0.5, 0.6) is 0 Å². The zero-order valence-corrected chi connectivity index (χ0v) is 11.1. The molecule has 104 valence electrons. The zero-order valence-electron chi connectivity index (χ0n) is 11.1. The predicted octanol–water partition coefficient (Wildman–Crippen LogP) is 1.25. The van der Waals surface area contributed by atoms with Crippen LogP contribution in [0.4, 0.5) is 0 Å². The number of hydrogen-bond donors (Lipinski definition) is 1. The molecule has 1 amide bonds. The Morgan fingerprint density at radius 3 is 3.10 bits per heavy atom. The molecule has 3 rings (SSSR count). The highest BCUT2D eigenvalue weighted by molar-refractivity contribution is 5.93. The third-order valence-corrected chi connectivity index (χ3v) is 3.48. The molecule has 1 fully saturated rings. The van der Waals surface area contributed by atoms with E-state index in [0.29, 0.717) is 12.4 Å². The summed E-state index contributed by atoms with van der Waals surface area (Å²) in [5, 5.41) is 9.12. The van der Waals surface area contributed by atoms with Crippen LogP contribution in [0.2, 0.25) is 0 Å². The lowest BCUT2D eigenvalue weighted by Crippen LogP contribution is -2.53. The second-order valence-electron chi connectivity index (χ2n) is 4.85. The van der Waals surface area contributed by atoms with Gasteiger partial charge in [-0.05, 0) is 25.5 Å². The van der Waals surface area contributed by atoms with Crippen molar-refractivity contribution in [2.24, 2.45) is 0 Å². The average molecular weight is 273 g/mol. The smallest absolute Gasteiger partial charge is 0.276 e. The molecule has 1 atom stereocenters. The molecule has 0 spiro atoms. The lowest BCUT2D eigenvalue weighted by Gasteiger charge is -2.39. The van der Waals surface area contributed by atoms with E-state index in [2.05, 4.69) is 9.97 Å². The van der Waals surface area contributed by atoms with E-state index in [9.17, 15) is 4.79 Å². The van der Waals surface area contributed by atoms with Crippen molar-refractivity contribution in [2.75, 3.05) is 13.2 Å². The number of aliphatic hydroxyl groups is 1. The third kappa shape index (κ3) is 2.18. The fourth-order valence-corrected chi connectivity index (χ4v) is 2.23. The standard InChI is InChI=1S/C14H15N3O3/c1-9-6-10(2-4-15-9)13-16-12(8-20-13)14(19)17-5-3-11(17)7-18/h2,4,6,8,11,18H,3,5,7H2,1H3. The summed E-state index contributed by atoms with van der Waals surface area (Å²) >= 11 is 0. The second kappa shape index (κ2) is 5.05. The summed E-state index contributed by atoms with van der Waals surface area (Å²) in [7, 11) is 0. The molecule has 2 aromatic rings. The number of nitrogens with zero attached hydrogens (tertiary/aromatic N) is 3. The fourth-order valence-electron chi connectivity index (χ4n) is 2.23. The van der Waals surface area contributed by atoms with Crippen molar-refractivity contribution in [1.29, 1.82) is 0 Å². The third-order valence-electron chi connectivity index (χ3n) is 3.48. The number of carbonyl (C=O) groups excluding carboxylic acids is 1. The number of aromatic nitrogens is 2. The van der Waals surface area contributed by atoms with E-state index < -0.39 is 0 Å². The summed E-state index contributed by atoms with van der Waals surface area (Å²) in [5.41, 5.74) is 1.92. The monoisotopic (exact) mass is 273 g/mol. The molecular weight excluding hydrogens is 258 g/mol. The molecule has 3 heterocycles. The van der Waals surface area contributed by atoms with Crippen molar-refractivity contribution in [3.63, 3.8) is 0 Å². The average Bonchev–Trinajstić information content (AvgIpc) is 2.87. The van der Waals surface area contributed by atoms with Gasteiger partial charge in [-0.15, -0.1) is 0 Å². The minimum atomic E-state index is -0.198. The molecule has 1 saturated heterocycles. The molecule has 1 N–H and O–H groups in total. The first-order chi connectivity index (χ1) is 9.69. The Balaban J connectivity index is 1.82. The second-order valence-corrected chi connectivity index (χ2v) is 4.85. The van der Waals surface area contributed by atoms with Crippen molar-refractivity contribution in [2.45, 2.75) is 19.4 Å². The van der Waals surface area contributed by atoms with Gasteiger partial charge < -0.3 is 14.4 Å². The van der Waals surface area contributed by atoms with Gasteiger partial charge in [0.2, 0.25) is 5.89 Å². The summed E-state index contributed by atoms with van der Waals surface area (Å²) in [5.74, 6) is 0.205. The first-order valence-corrected chi connectivity index (χ1v) is 6.49. The number of hydrogen-bond acceptors (Lipinski definition) is 5. The summed E-state index contributed by atoms with van der Waals surface area (Å²) in [4.78, 5) is 22.1. The number of aryl methyl sites for hydroxylation is 1.